The molecule has 0 aliphatic carbocycles. The third-order valence-electron chi connectivity index (χ3n) is 4.94. The highest BCUT2D eigenvalue weighted by Gasteiger charge is 2.28. The molecule has 0 radical (unpaired) electrons. The van der Waals surface area contributed by atoms with Gasteiger partial charge >= 0.3 is 6.03 Å². The summed E-state index contributed by atoms with van der Waals surface area (Å²) < 4.78 is 5.53. The summed E-state index contributed by atoms with van der Waals surface area (Å²) >= 11 is 1.75. The number of carbonyl (C=O) groups is 1. The standard InChI is InChI=1S/C21H24N4O2S/c1-14-5-3-7-17(11-14)22-21(26)25-10-4-6-16(13-25)20-23-19(24-27-20)12-18-9-8-15(2)28-18/h3,5,7-9,11,16H,4,6,10,12-13H2,1-2H3,(H,22,26). The van der Waals surface area contributed by atoms with Gasteiger partial charge in [0.15, 0.2) is 5.82 Å². The van der Waals surface area contributed by atoms with E-state index < -0.39 is 0 Å². The second kappa shape index (κ2) is 8.14. The molecule has 1 saturated heterocycles. The van der Waals surface area contributed by atoms with Crippen LogP contribution in [0.5, 0.6) is 0 Å². The molecule has 4 rings (SSSR count). The van der Waals surface area contributed by atoms with Crippen LogP contribution in [0.15, 0.2) is 40.9 Å². The number of aryl methyl sites for hydroxylation is 2. The van der Waals surface area contributed by atoms with Gasteiger partial charge in [0.1, 0.15) is 0 Å². The van der Waals surface area contributed by atoms with Gasteiger partial charge in [0, 0.05) is 35.0 Å². The lowest BCUT2D eigenvalue weighted by Gasteiger charge is -2.31. The Bertz CT molecular complexity index is 965. The van der Waals surface area contributed by atoms with E-state index in [9.17, 15) is 4.79 Å². The van der Waals surface area contributed by atoms with Crippen molar-refractivity contribution in [2.75, 3.05) is 18.4 Å². The maximum atomic E-state index is 12.7. The number of nitrogens with one attached hydrogen (secondary N) is 1. The minimum atomic E-state index is -0.0795. The van der Waals surface area contributed by atoms with Gasteiger partial charge in [-0.25, -0.2) is 4.79 Å². The van der Waals surface area contributed by atoms with Gasteiger partial charge in [0.05, 0.1) is 5.92 Å². The molecule has 1 aliphatic heterocycles. The van der Waals surface area contributed by atoms with E-state index in [1.165, 1.54) is 9.75 Å². The molecule has 2 aromatic heterocycles. The summed E-state index contributed by atoms with van der Waals surface area (Å²) in [6.45, 7) is 5.44. The summed E-state index contributed by atoms with van der Waals surface area (Å²) in [5.41, 5.74) is 1.94. The van der Waals surface area contributed by atoms with Crippen LogP contribution in [0, 0.1) is 13.8 Å². The smallest absolute Gasteiger partial charge is 0.321 e. The molecule has 1 aromatic carbocycles. The number of piperidine rings is 1. The van der Waals surface area contributed by atoms with Gasteiger partial charge < -0.3 is 14.7 Å². The first-order valence-electron chi connectivity index (χ1n) is 9.57. The first kappa shape index (κ1) is 18.7. The minimum Gasteiger partial charge on any atom is -0.339 e. The number of benzene rings is 1. The van der Waals surface area contributed by atoms with Crippen LogP contribution in [0.4, 0.5) is 10.5 Å². The number of nitrogens with zero attached hydrogens (tertiary/aromatic N) is 3. The van der Waals surface area contributed by atoms with Crippen LogP contribution >= 0.6 is 11.3 Å². The Morgan fingerprint density at radius 2 is 2.21 bits per heavy atom. The lowest BCUT2D eigenvalue weighted by atomic mass is 9.98. The molecule has 6 nitrogen and oxygen atoms in total. The Balaban J connectivity index is 1.39. The molecule has 1 aliphatic rings. The maximum absolute atomic E-state index is 12.7. The quantitative estimate of drug-likeness (QED) is 0.691. The molecule has 0 bridgehead atoms. The molecule has 3 aromatic rings. The molecule has 146 valence electrons. The average Bonchev–Trinajstić information content (AvgIpc) is 3.31. The monoisotopic (exact) mass is 396 g/mol. The molecule has 0 saturated carbocycles. The minimum absolute atomic E-state index is 0.0795. The van der Waals surface area contributed by atoms with E-state index >= 15 is 0 Å². The summed E-state index contributed by atoms with van der Waals surface area (Å²) in [5, 5.41) is 7.13. The van der Waals surface area contributed by atoms with Gasteiger partial charge in [-0.3, -0.25) is 0 Å². The Morgan fingerprint density at radius 1 is 1.32 bits per heavy atom. The van der Waals surface area contributed by atoms with Gasteiger partial charge in [-0.05, 0) is 56.5 Å². The Kier molecular flexibility index (Phi) is 5.43. The van der Waals surface area contributed by atoms with Crippen molar-refractivity contribution in [2.24, 2.45) is 0 Å². The fraction of sp³-hybridized carbons (Fsp3) is 0.381. The summed E-state index contributed by atoms with van der Waals surface area (Å²) in [4.78, 5) is 21.6. The van der Waals surface area contributed by atoms with Gasteiger partial charge in [-0.2, -0.15) is 4.98 Å². The molecule has 1 atom stereocenters. The number of hydrogen-bond acceptors (Lipinski definition) is 5. The van der Waals surface area contributed by atoms with E-state index in [0.29, 0.717) is 24.7 Å². The predicted octanol–water partition coefficient (Wildman–Crippen LogP) is 4.75. The number of thiophene rings is 1. The molecule has 1 fully saturated rings. The molecule has 1 N–H and O–H groups in total. The van der Waals surface area contributed by atoms with Crippen molar-refractivity contribution < 1.29 is 9.32 Å². The van der Waals surface area contributed by atoms with Gasteiger partial charge in [-0.1, -0.05) is 17.3 Å². The highest BCUT2D eigenvalue weighted by atomic mass is 32.1. The number of aromatic nitrogens is 2. The van der Waals surface area contributed by atoms with Crippen LogP contribution < -0.4 is 5.32 Å². The zero-order valence-electron chi connectivity index (χ0n) is 16.1. The molecule has 3 heterocycles. The summed E-state index contributed by atoms with van der Waals surface area (Å²) in [7, 11) is 0. The molecular formula is C21H24N4O2S. The van der Waals surface area contributed by atoms with E-state index in [-0.39, 0.29) is 11.9 Å². The zero-order chi connectivity index (χ0) is 19.5. The Hall–Kier alpha value is -2.67. The van der Waals surface area contributed by atoms with Crippen LogP contribution in [0.3, 0.4) is 0 Å². The third kappa shape index (κ3) is 4.42. The molecule has 28 heavy (non-hydrogen) atoms. The van der Waals surface area contributed by atoms with Crippen LogP contribution in [0.2, 0.25) is 0 Å². The molecule has 1 unspecified atom stereocenters. The molecular weight excluding hydrogens is 372 g/mol. The van der Waals surface area contributed by atoms with Crippen molar-refractivity contribution >= 4 is 23.1 Å². The molecule has 0 spiro atoms. The fourth-order valence-electron chi connectivity index (χ4n) is 3.53. The highest BCUT2D eigenvalue weighted by molar-refractivity contribution is 7.11. The average molecular weight is 397 g/mol. The lowest BCUT2D eigenvalue weighted by Crippen LogP contribution is -2.41. The number of likely N-dealkylation sites (tertiary alicyclic amines) is 1. The number of rotatable bonds is 4. The zero-order valence-corrected chi connectivity index (χ0v) is 17.0. The fourth-order valence-corrected chi connectivity index (χ4v) is 4.42. The van der Waals surface area contributed by atoms with Gasteiger partial charge in [0.25, 0.3) is 0 Å². The van der Waals surface area contributed by atoms with Crippen molar-refractivity contribution in [3.05, 3.63) is 63.4 Å². The van der Waals surface area contributed by atoms with E-state index in [4.69, 9.17) is 4.52 Å². The van der Waals surface area contributed by atoms with Crippen molar-refractivity contribution in [1.82, 2.24) is 15.0 Å². The number of carbonyl (C=O) groups excluding carboxylic acids is 1. The van der Waals surface area contributed by atoms with E-state index in [1.807, 2.05) is 36.1 Å². The van der Waals surface area contributed by atoms with E-state index in [0.717, 1.165) is 30.6 Å². The summed E-state index contributed by atoms with van der Waals surface area (Å²) in [6.07, 6.45) is 2.56. The second-order valence-electron chi connectivity index (χ2n) is 7.32. The number of anilines is 1. The second-order valence-corrected chi connectivity index (χ2v) is 8.70. The number of hydrogen-bond donors (Lipinski definition) is 1. The first-order valence-corrected chi connectivity index (χ1v) is 10.4. The number of urea groups is 1. The third-order valence-corrected chi connectivity index (χ3v) is 5.94. The van der Waals surface area contributed by atoms with E-state index in [2.05, 4.69) is 34.5 Å². The largest absolute Gasteiger partial charge is 0.339 e. The van der Waals surface area contributed by atoms with Gasteiger partial charge in [-0.15, -0.1) is 11.3 Å². The van der Waals surface area contributed by atoms with Crippen molar-refractivity contribution in [3.63, 3.8) is 0 Å². The normalized spacial score (nSPS) is 16.9. The summed E-state index contributed by atoms with van der Waals surface area (Å²) in [6, 6.07) is 12.0. The highest BCUT2D eigenvalue weighted by Crippen LogP contribution is 2.27. The Labute approximate surface area is 168 Å². The van der Waals surface area contributed by atoms with Crippen molar-refractivity contribution in [1.29, 1.82) is 0 Å². The maximum Gasteiger partial charge on any atom is 0.321 e. The van der Waals surface area contributed by atoms with Gasteiger partial charge in [0.2, 0.25) is 5.89 Å². The topological polar surface area (TPSA) is 71.3 Å². The van der Waals surface area contributed by atoms with Crippen LogP contribution in [-0.2, 0) is 6.42 Å². The van der Waals surface area contributed by atoms with Crippen molar-refractivity contribution in [2.45, 2.75) is 39.0 Å². The Morgan fingerprint density at radius 3 is 3.00 bits per heavy atom. The van der Waals surface area contributed by atoms with Crippen LogP contribution in [-0.4, -0.2) is 34.2 Å². The SMILES string of the molecule is Cc1cccc(NC(=O)N2CCCC(c3nc(Cc4ccc(C)s4)no3)C2)c1. The van der Waals surface area contributed by atoms with Crippen LogP contribution in [0.25, 0.3) is 0 Å². The van der Waals surface area contributed by atoms with Crippen LogP contribution in [0.1, 0.15) is 45.8 Å². The predicted molar refractivity (Wildman–Crippen MR) is 110 cm³/mol. The molecule has 2 amide bonds. The summed E-state index contributed by atoms with van der Waals surface area (Å²) in [5.74, 6) is 1.43. The molecule has 7 heteroatoms. The number of amides is 2. The van der Waals surface area contributed by atoms with Crippen molar-refractivity contribution in [3.8, 4) is 0 Å². The first-order chi connectivity index (χ1) is 13.6. The lowest BCUT2D eigenvalue weighted by molar-refractivity contribution is 0.184. The van der Waals surface area contributed by atoms with E-state index in [1.54, 1.807) is 11.3 Å².